The molecule has 2 rings (SSSR count). The summed E-state index contributed by atoms with van der Waals surface area (Å²) in [5.74, 6) is 0.867. The van der Waals surface area contributed by atoms with Crippen molar-refractivity contribution in [1.82, 2.24) is 9.88 Å². The molecule has 126 valence electrons. The molecule has 2 heterocycles. The smallest absolute Gasteiger partial charge is 0.410 e. The molecule has 1 fully saturated rings. The van der Waals surface area contributed by atoms with Gasteiger partial charge in [0.2, 0.25) is 0 Å². The molecule has 6 heteroatoms. The monoisotopic (exact) mass is 319 g/mol. The maximum absolute atomic E-state index is 12.2. The lowest BCUT2D eigenvalue weighted by atomic mass is 10.1. The van der Waals surface area contributed by atoms with Crippen LogP contribution in [0.15, 0.2) is 12.3 Å². The zero-order valence-electron chi connectivity index (χ0n) is 14.5. The van der Waals surface area contributed by atoms with Crippen LogP contribution in [-0.2, 0) is 4.74 Å². The number of nitrogens with zero attached hydrogens (tertiary/aromatic N) is 3. The highest BCUT2D eigenvalue weighted by molar-refractivity contribution is 5.75. The highest BCUT2D eigenvalue weighted by atomic mass is 16.6. The summed E-state index contributed by atoms with van der Waals surface area (Å²) in [6, 6.07) is 1.87. The molecule has 0 aliphatic carbocycles. The Hall–Kier alpha value is -2.11. The highest BCUT2D eigenvalue weighted by Gasteiger charge is 2.31. The van der Waals surface area contributed by atoms with Crippen molar-refractivity contribution in [3.63, 3.8) is 0 Å². The van der Waals surface area contributed by atoms with Crippen LogP contribution in [0.3, 0.4) is 0 Å². The Labute approximate surface area is 137 Å². The van der Waals surface area contributed by atoms with Gasteiger partial charge in [-0.05, 0) is 46.2 Å². The number of hydrogen-bond acceptors (Lipinski definition) is 5. The molecule has 0 spiro atoms. The number of rotatable bonds is 2. The zero-order valence-corrected chi connectivity index (χ0v) is 14.5. The van der Waals surface area contributed by atoms with Crippen LogP contribution in [0.1, 0.15) is 43.6 Å². The molecular formula is C17H25N3O3. The predicted molar refractivity (Wildman–Crippen MR) is 89.0 cm³/mol. The van der Waals surface area contributed by atoms with E-state index in [1.54, 1.807) is 11.1 Å². The van der Waals surface area contributed by atoms with Gasteiger partial charge in [0, 0.05) is 37.4 Å². The number of hydrogen-bond donors (Lipinski definition) is 0. The fourth-order valence-electron chi connectivity index (χ4n) is 2.73. The summed E-state index contributed by atoms with van der Waals surface area (Å²) in [6.45, 7) is 11.5. The van der Waals surface area contributed by atoms with E-state index >= 15 is 0 Å². The van der Waals surface area contributed by atoms with Gasteiger partial charge in [-0.15, -0.1) is 0 Å². The number of anilines is 1. The van der Waals surface area contributed by atoms with Gasteiger partial charge in [0.25, 0.3) is 0 Å². The molecule has 0 aromatic carbocycles. The maximum Gasteiger partial charge on any atom is 0.410 e. The average Bonchev–Trinajstić information content (AvgIpc) is 2.44. The molecule has 1 amide bonds. The normalized spacial score (nSPS) is 18.7. The number of pyridine rings is 1. The van der Waals surface area contributed by atoms with Crippen LogP contribution in [0, 0.1) is 6.92 Å². The standard InChI is InChI=1S/C17H25N3O3/c1-12-8-14(11-21)9-18-15(12)19-6-7-20(13(2)10-19)16(22)23-17(3,4)5/h8-9,11,13H,6-7,10H2,1-5H3/t13-/m0/s1. The molecule has 1 aromatic heterocycles. The number of piperazine rings is 1. The summed E-state index contributed by atoms with van der Waals surface area (Å²) < 4.78 is 5.46. The number of amides is 1. The Kier molecular flexibility index (Phi) is 4.92. The number of aldehydes is 1. The van der Waals surface area contributed by atoms with E-state index in [1.807, 2.05) is 40.7 Å². The van der Waals surface area contributed by atoms with Crippen molar-refractivity contribution in [1.29, 1.82) is 0 Å². The Morgan fingerprint density at radius 2 is 2.09 bits per heavy atom. The summed E-state index contributed by atoms with van der Waals surface area (Å²) in [5.41, 5.74) is 1.05. The quantitative estimate of drug-likeness (QED) is 0.784. The van der Waals surface area contributed by atoms with E-state index in [0.29, 0.717) is 25.2 Å². The fraction of sp³-hybridized carbons (Fsp3) is 0.588. The highest BCUT2D eigenvalue weighted by Crippen LogP contribution is 2.22. The second-order valence-electron chi connectivity index (χ2n) is 7.00. The van der Waals surface area contributed by atoms with Crippen molar-refractivity contribution in [2.45, 2.75) is 46.3 Å². The minimum absolute atomic E-state index is 0.0329. The van der Waals surface area contributed by atoms with Crippen LogP contribution in [0.4, 0.5) is 10.6 Å². The van der Waals surface area contributed by atoms with Gasteiger partial charge < -0.3 is 14.5 Å². The summed E-state index contributed by atoms with van der Waals surface area (Å²) in [5, 5.41) is 0. The molecule has 0 radical (unpaired) electrons. The van der Waals surface area contributed by atoms with Crippen molar-refractivity contribution < 1.29 is 14.3 Å². The molecule has 1 saturated heterocycles. The van der Waals surface area contributed by atoms with Gasteiger partial charge in [-0.1, -0.05) is 0 Å². The molecule has 6 nitrogen and oxygen atoms in total. The Bertz CT molecular complexity index is 595. The van der Waals surface area contributed by atoms with Crippen molar-refractivity contribution in [3.05, 3.63) is 23.4 Å². The van der Waals surface area contributed by atoms with E-state index in [-0.39, 0.29) is 12.1 Å². The third-order valence-electron chi connectivity index (χ3n) is 3.76. The first kappa shape index (κ1) is 17.2. The second-order valence-corrected chi connectivity index (χ2v) is 7.00. The maximum atomic E-state index is 12.2. The predicted octanol–water partition coefficient (Wildman–Crippen LogP) is 2.65. The van der Waals surface area contributed by atoms with Crippen LogP contribution in [-0.4, -0.2) is 53.5 Å². The van der Waals surface area contributed by atoms with E-state index < -0.39 is 5.60 Å². The van der Waals surface area contributed by atoms with Crippen LogP contribution in [0.2, 0.25) is 0 Å². The molecule has 1 aliphatic rings. The van der Waals surface area contributed by atoms with E-state index in [9.17, 15) is 9.59 Å². The van der Waals surface area contributed by atoms with Crippen LogP contribution in [0.5, 0.6) is 0 Å². The summed E-state index contributed by atoms with van der Waals surface area (Å²) >= 11 is 0. The van der Waals surface area contributed by atoms with E-state index in [1.165, 1.54) is 0 Å². The summed E-state index contributed by atoms with van der Waals surface area (Å²) in [4.78, 5) is 31.4. The molecule has 1 aliphatic heterocycles. The third kappa shape index (κ3) is 4.21. The number of aryl methyl sites for hydroxylation is 1. The van der Waals surface area contributed by atoms with E-state index in [4.69, 9.17) is 4.74 Å². The molecule has 0 N–H and O–H groups in total. The Balaban J connectivity index is 2.06. The van der Waals surface area contributed by atoms with Gasteiger partial charge in [0.1, 0.15) is 11.4 Å². The molecule has 1 atom stereocenters. The molecule has 0 bridgehead atoms. The van der Waals surface area contributed by atoms with Crippen molar-refractivity contribution in [3.8, 4) is 0 Å². The summed E-state index contributed by atoms with van der Waals surface area (Å²) in [6.07, 6.45) is 2.11. The minimum atomic E-state index is -0.489. The van der Waals surface area contributed by atoms with Crippen molar-refractivity contribution in [2.24, 2.45) is 0 Å². The van der Waals surface area contributed by atoms with E-state index in [0.717, 1.165) is 17.7 Å². The van der Waals surface area contributed by atoms with Crippen molar-refractivity contribution >= 4 is 18.2 Å². The van der Waals surface area contributed by atoms with Crippen LogP contribution < -0.4 is 4.90 Å². The van der Waals surface area contributed by atoms with Crippen LogP contribution in [0.25, 0.3) is 0 Å². The minimum Gasteiger partial charge on any atom is -0.444 e. The number of ether oxygens (including phenoxy) is 1. The van der Waals surface area contributed by atoms with Gasteiger partial charge in [-0.3, -0.25) is 4.79 Å². The van der Waals surface area contributed by atoms with Crippen molar-refractivity contribution in [2.75, 3.05) is 24.5 Å². The van der Waals surface area contributed by atoms with Gasteiger partial charge in [-0.2, -0.15) is 0 Å². The zero-order chi connectivity index (χ0) is 17.2. The number of carbonyl (C=O) groups excluding carboxylic acids is 2. The molecular weight excluding hydrogens is 294 g/mol. The first-order valence-corrected chi connectivity index (χ1v) is 7.87. The first-order chi connectivity index (χ1) is 10.7. The Morgan fingerprint density at radius 3 is 2.61 bits per heavy atom. The topological polar surface area (TPSA) is 62.7 Å². The third-order valence-corrected chi connectivity index (χ3v) is 3.76. The van der Waals surface area contributed by atoms with Gasteiger partial charge in [0.15, 0.2) is 6.29 Å². The summed E-state index contributed by atoms with van der Waals surface area (Å²) in [7, 11) is 0. The van der Waals surface area contributed by atoms with Gasteiger partial charge >= 0.3 is 6.09 Å². The lowest BCUT2D eigenvalue weighted by Crippen LogP contribution is -2.55. The van der Waals surface area contributed by atoms with Gasteiger partial charge in [0.05, 0.1) is 0 Å². The molecule has 0 unspecified atom stereocenters. The van der Waals surface area contributed by atoms with E-state index in [2.05, 4.69) is 9.88 Å². The van der Waals surface area contributed by atoms with Gasteiger partial charge in [-0.25, -0.2) is 9.78 Å². The first-order valence-electron chi connectivity index (χ1n) is 7.87. The second kappa shape index (κ2) is 6.56. The number of aromatic nitrogens is 1. The lowest BCUT2D eigenvalue weighted by molar-refractivity contribution is 0.0158. The molecule has 23 heavy (non-hydrogen) atoms. The van der Waals surface area contributed by atoms with Crippen LogP contribution >= 0.6 is 0 Å². The molecule has 0 saturated carbocycles. The lowest BCUT2D eigenvalue weighted by Gasteiger charge is -2.41. The largest absolute Gasteiger partial charge is 0.444 e. The SMILES string of the molecule is Cc1cc(C=O)cnc1N1CCN(C(=O)OC(C)(C)C)[C@@H](C)C1. The Morgan fingerprint density at radius 1 is 1.39 bits per heavy atom. The molecule has 1 aromatic rings. The average molecular weight is 319 g/mol. The number of carbonyl (C=O) groups is 2. The fourth-order valence-corrected chi connectivity index (χ4v) is 2.73.